The molecule has 106 valence electrons. The summed E-state index contributed by atoms with van der Waals surface area (Å²) in [4.78, 5) is 0. The summed E-state index contributed by atoms with van der Waals surface area (Å²) in [5, 5.41) is -0.133. The zero-order chi connectivity index (χ0) is 14.5. The summed E-state index contributed by atoms with van der Waals surface area (Å²) in [7, 11) is 3.31. The summed E-state index contributed by atoms with van der Waals surface area (Å²) in [5.74, 6) is 1.65. The molecule has 0 aliphatic carbocycles. The van der Waals surface area contributed by atoms with Crippen LogP contribution < -0.4 is 9.47 Å². The van der Waals surface area contributed by atoms with Gasteiger partial charge in [-0.05, 0) is 36.2 Å². The lowest BCUT2D eigenvalue weighted by Gasteiger charge is -2.14. The summed E-state index contributed by atoms with van der Waals surface area (Å²) in [6, 6.07) is 13.8. The van der Waals surface area contributed by atoms with Crippen LogP contribution in [-0.4, -0.2) is 14.2 Å². The summed E-state index contributed by atoms with van der Waals surface area (Å²) < 4.78 is 11.5. The van der Waals surface area contributed by atoms with E-state index in [1.807, 2.05) is 42.5 Å². The fourth-order valence-corrected chi connectivity index (χ4v) is 2.72. The van der Waals surface area contributed by atoms with Gasteiger partial charge in [0.1, 0.15) is 11.5 Å². The smallest absolute Gasteiger partial charge is 0.124 e. The summed E-state index contributed by atoms with van der Waals surface area (Å²) in [6.07, 6.45) is 0.740. The van der Waals surface area contributed by atoms with E-state index in [0.29, 0.717) is 0 Å². The quantitative estimate of drug-likeness (QED) is 0.704. The molecule has 0 heterocycles. The average molecular weight is 356 g/mol. The van der Waals surface area contributed by atoms with E-state index in [0.717, 1.165) is 33.5 Å². The first-order valence-electron chi connectivity index (χ1n) is 6.24. The molecule has 0 radical (unpaired) electrons. The van der Waals surface area contributed by atoms with E-state index in [1.165, 1.54) is 0 Å². The van der Waals surface area contributed by atoms with Crippen molar-refractivity contribution in [2.24, 2.45) is 0 Å². The van der Waals surface area contributed by atoms with Crippen LogP contribution in [0, 0.1) is 0 Å². The maximum Gasteiger partial charge on any atom is 0.124 e. The van der Waals surface area contributed by atoms with Gasteiger partial charge in [-0.15, -0.1) is 11.6 Å². The number of hydrogen-bond donors (Lipinski definition) is 0. The van der Waals surface area contributed by atoms with Crippen molar-refractivity contribution in [1.29, 1.82) is 0 Å². The van der Waals surface area contributed by atoms with Crippen LogP contribution in [-0.2, 0) is 6.42 Å². The number of hydrogen-bond acceptors (Lipinski definition) is 2. The fraction of sp³-hybridized carbons (Fsp3) is 0.250. The number of halogens is 2. The van der Waals surface area contributed by atoms with Crippen LogP contribution in [0.4, 0.5) is 0 Å². The standard InChI is InChI=1S/C16H16BrClO2/c1-19-13-6-3-11(4-7-13)9-15(18)14-8-5-12(17)10-16(14)20-2/h3-8,10,15H,9H2,1-2H3. The molecule has 1 atom stereocenters. The van der Waals surface area contributed by atoms with Gasteiger partial charge in [-0.25, -0.2) is 0 Å². The zero-order valence-corrected chi connectivity index (χ0v) is 13.7. The SMILES string of the molecule is COc1ccc(CC(Cl)c2ccc(Br)cc2OC)cc1. The van der Waals surface area contributed by atoms with Gasteiger partial charge in [0.25, 0.3) is 0 Å². The highest BCUT2D eigenvalue weighted by atomic mass is 79.9. The van der Waals surface area contributed by atoms with Crippen LogP contribution in [0.5, 0.6) is 11.5 Å². The highest BCUT2D eigenvalue weighted by Gasteiger charge is 2.14. The van der Waals surface area contributed by atoms with Crippen LogP contribution >= 0.6 is 27.5 Å². The number of ether oxygens (including phenoxy) is 2. The molecule has 0 saturated carbocycles. The van der Waals surface area contributed by atoms with Gasteiger partial charge >= 0.3 is 0 Å². The Bertz CT molecular complexity index is 569. The maximum absolute atomic E-state index is 6.52. The Kier molecular flexibility index (Phi) is 5.32. The molecule has 0 amide bonds. The lowest BCUT2D eigenvalue weighted by atomic mass is 10.0. The first-order chi connectivity index (χ1) is 9.63. The minimum atomic E-state index is -0.133. The molecule has 20 heavy (non-hydrogen) atoms. The van der Waals surface area contributed by atoms with Crippen LogP contribution in [0.1, 0.15) is 16.5 Å². The highest BCUT2D eigenvalue weighted by molar-refractivity contribution is 9.10. The molecular formula is C16H16BrClO2. The Labute approximate surface area is 132 Å². The molecule has 4 heteroatoms. The van der Waals surface area contributed by atoms with Gasteiger partial charge in [0, 0.05) is 10.0 Å². The first-order valence-corrected chi connectivity index (χ1v) is 7.47. The van der Waals surface area contributed by atoms with E-state index >= 15 is 0 Å². The molecule has 0 N–H and O–H groups in total. The Morgan fingerprint density at radius 2 is 1.75 bits per heavy atom. The van der Waals surface area contributed by atoms with Crippen molar-refractivity contribution in [1.82, 2.24) is 0 Å². The number of methoxy groups -OCH3 is 2. The Morgan fingerprint density at radius 3 is 2.35 bits per heavy atom. The molecule has 1 unspecified atom stereocenters. The van der Waals surface area contributed by atoms with Crippen molar-refractivity contribution >= 4 is 27.5 Å². The van der Waals surface area contributed by atoms with Gasteiger partial charge in [-0.1, -0.05) is 34.1 Å². The molecule has 0 spiro atoms. The second-order valence-electron chi connectivity index (χ2n) is 4.41. The third-order valence-corrected chi connectivity index (χ3v) is 3.99. The van der Waals surface area contributed by atoms with E-state index in [4.69, 9.17) is 21.1 Å². The predicted molar refractivity (Wildman–Crippen MR) is 86.0 cm³/mol. The average Bonchev–Trinajstić information content (AvgIpc) is 2.47. The van der Waals surface area contributed by atoms with E-state index in [2.05, 4.69) is 15.9 Å². The Hall–Kier alpha value is -1.19. The van der Waals surface area contributed by atoms with Crippen molar-refractivity contribution in [3.63, 3.8) is 0 Å². The molecule has 0 bridgehead atoms. The molecule has 2 aromatic carbocycles. The van der Waals surface area contributed by atoms with Gasteiger partial charge < -0.3 is 9.47 Å². The lowest BCUT2D eigenvalue weighted by molar-refractivity contribution is 0.408. The second-order valence-corrected chi connectivity index (χ2v) is 5.85. The number of benzene rings is 2. The van der Waals surface area contributed by atoms with Gasteiger partial charge in [0.05, 0.1) is 19.6 Å². The van der Waals surface area contributed by atoms with Gasteiger partial charge in [0.2, 0.25) is 0 Å². The molecule has 0 aliphatic heterocycles. The van der Waals surface area contributed by atoms with Crippen molar-refractivity contribution in [2.45, 2.75) is 11.8 Å². The summed E-state index contributed by atoms with van der Waals surface area (Å²) >= 11 is 9.96. The summed E-state index contributed by atoms with van der Waals surface area (Å²) in [6.45, 7) is 0. The maximum atomic E-state index is 6.52. The Morgan fingerprint density at radius 1 is 1.05 bits per heavy atom. The minimum Gasteiger partial charge on any atom is -0.497 e. The fourth-order valence-electron chi connectivity index (χ4n) is 2.02. The topological polar surface area (TPSA) is 18.5 Å². The number of rotatable bonds is 5. The van der Waals surface area contributed by atoms with Gasteiger partial charge in [-0.2, -0.15) is 0 Å². The van der Waals surface area contributed by atoms with E-state index in [9.17, 15) is 0 Å². The molecule has 0 aromatic heterocycles. The van der Waals surface area contributed by atoms with E-state index in [1.54, 1.807) is 14.2 Å². The lowest BCUT2D eigenvalue weighted by Crippen LogP contribution is -1.99. The van der Waals surface area contributed by atoms with Gasteiger partial charge in [0.15, 0.2) is 0 Å². The minimum absolute atomic E-state index is 0.133. The third-order valence-electron chi connectivity index (χ3n) is 3.11. The van der Waals surface area contributed by atoms with E-state index < -0.39 is 0 Å². The Balaban J connectivity index is 2.16. The highest BCUT2D eigenvalue weighted by Crippen LogP contribution is 2.34. The van der Waals surface area contributed by atoms with E-state index in [-0.39, 0.29) is 5.38 Å². The summed E-state index contributed by atoms with van der Waals surface area (Å²) in [5.41, 5.74) is 2.16. The molecule has 0 saturated heterocycles. The van der Waals surface area contributed by atoms with Gasteiger partial charge in [-0.3, -0.25) is 0 Å². The second kappa shape index (κ2) is 7.00. The number of alkyl halides is 1. The molecule has 0 aliphatic rings. The first kappa shape index (κ1) is 15.2. The van der Waals surface area contributed by atoms with Crippen molar-refractivity contribution in [3.05, 3.63) is 58.1 Å². The van der Waals surface area contributed by atoms with Crippen molar-refractivity contribution < 1.29 is 9.47 Å². The van der Waals surface area contributed by atoms with Crippen LogP contribution in [0.25, 0.3) is 0 Å². The van der Waals surface area contributed by atoms with Crippen LogP contribution in [0.2, 0.25) is 0 Å². The largest absolute Gasteiger partial charge is 0.497 e. The zero-order valence-electron chi connectivity index (χ0n) is 11.4. The van der Waals surface area contributed by atoms with Crippen molar-refractivity contribution in [3.8, 4) is 11.5 Å². The van der Waals surface area contributed by atoms with Crippen LogP contribution in [0.15, 0.2) is 46.9 Å². The molecular weight excluding hydrogens is 340 g/mol. The normalized spacial score (nSPS) is 12.0. The molecule has 2 aromatic rings. The molecule has 0 fully saturated rings. The molecule has 2 nitrogen and oxygen atoms in total. The van der Waals surface area contributed by atoms with Crippen molar-refractivity contribution in [2.75, 3.05) is 14.2 Å². The molecule has 2 rings (SSSR count). The predicted octanol–water partition coefficient (Wildman–Crippen LogP) is 4.99. The monoisotopic (exact) mass is 354 g/mol. The van der Waals surface area contributed by atoms with Crippen LogP contribution in [0.3, 0.4) is 0 Å². The third kappa shape index (κ3) is 3.68.